The molecule has 1 N–H and O–H groups in total. The van der Waals surface area contributed by atoms with Crippen LogP contribution in [-0.4, -0.2) is 11.6 Å². The summed E-state index contributed by atoms with van der Waals surface area (Å²) in [5.41, 5.74) is 2.14. The van der Waals surface area contributed by atoms with Crippen molar-refractivity contribution in [3.63, 3.8) is 0 Å². The number of hydrogen-bond acceptors (Lipinski definition) is 4. The average Bonchev–Trinajstić information content (AvgIpc) is 2.89. The Labute approximate surface area is 131 Å². The number of halogens is 1. The highest BCUT2D eigenvalue weighted by molar-refractivity contribution is 7.22. The van der Waals surface area contributed by atoms with Gasteiger partial charge in [0.25, 0.3) is 0 Å². The van der Waals surface area contributed by atoms with Crippen molar-refractivity contribution >= 4 is 38.3 Å². The lowest BCUT2D eigenvalue weighted by atomic mass is 10.0. The maximum Gasteiger partial charge on any atom is 0.184 e. The molecule has 1 aliphatic rings. The fraction of sp³-hybridized carbons (Fsp3) is 0.188. The van der Waals surface area contributed by atoms with Gasteiger partial charge in [-0.1, -0.05) is 41.1 Å². The molecule has 0 saturated carbocycles. The van der Waals surface area contributed by atoms with Crippen molar-refractivity contribution in [1.82, 2.24) is 4.98 Å². The number of nitrogens with zero attached hydrogens (tertiary/aromatic N) is 1. The summed E-state index contributed by atoms with van der Waals surface area (Å²) >= 11 is 7.67. The van der Waals surface area contributed by atoms with Crippen molar-refractivity contribution in [2.24, 2.45) is 0 Å². The maximum atomic E-state index is 6.01. The zero-order chi connectivity index (χ0) is 14.2. The fourth-order valence-corrected chi connectivity index (χ4v) is 3.67. The van der Waals surface area contributed by atoms with Gasteiger partial charge in [-0.25, -0.2) is 4.98 Å². The van der Waals surface area contributed by atoms with Crippen molar-refractivity contribution in [3.8, 4) is 5.75 Å². The molecule has 0 radical (unpaired) electrons. The summed E-state index contributed by atoms with van der Waals surface area (Å²) in [6, 6.07) is 14.2. The lowest BCUT2D eigenvalue weighted by molar-refractivity contribution is 0.274. The van der Waals surface area contributed by atoms with Crippen LogP contribution in [0.15, 0.2) is 42.5 Å². The summed E-state index contributed by atoms with van der Waals surface area (Å²) in [5, 5.41) is 5.17. The Bertz CT molecular complexity index is 802. The van der Waals surface area contributed by atoms with Crippen LogP contribution in [0.3, 0.4) is 0 Å². The number of nitrogens with one attached hydrogen (secondary N) is 1. The number of aromatic nitrogens is 1. The molecule has 0 amide bonds. The molecule has 1 aliphatic heterocycles. The fourth-order valence-electron chi connectivity index (χ4n) is 2.60. The first-order valence-corrected chi connectivity index (χ1v) is 8.03. The van der Waals surface area contributed by atoms with Gasteiger partial charge in [-0.05, 0) is 24.3 Å². The Balaban J connectivity index is 1.66. The summed E-state index contributed by atoms with van der Waals surface area (Å²) in [5.74, 6) is 0.963. The number of hydrogen-bond donors (Lipinski definition) is 1. The van der Waals surface area contributed by atoms with E-state index in [2.05, 4.69) is 16.4 Å². The maximum absolute atomic E-state index is 6.01. The third-order valence-corrected chi connectivity index (χ3v) is 4.81. The van der Waals surface area contributed by atoms with Crippen LogP contribution in [0.4, 0.5) is 5.13 Å². The second kappa shape index (κ2) is 5.20. The van der Waals surface area contributed by atoms with E-state index in [-0.39, 0.29) is 6.04 Å². The number of benzene rings is 2. The molecule has 3 nitrogen and oxygen atoms in total. The third-order valence-electron chi connectivity index (χ3n) is 3.61. The average molecular weight is 317 g/mol. The van der Waals surface area contributed by atoms with E-state index in [1.165, 1.54) is 5.56 Å². The van der Waals surface area contributed by atoms with Crippen molar-refractivity contribution < 1.29 is 4.74 Å². The Morgan fingerprint density at radius 3 is 3.10 bits per heavy atom. The van der Waals surface area contributed by atoms with Crippen LogP contribution in [0.25, 0.3) is 10.2 Å². The normalized spacial score (nSPS) is 17.3. The summed E-state index contributed by atoms with van der Waals surface area (Å²) in [6.07, 6.45) is 0.938. The van der Waals surface area contributed by atoms with E-state index in [1.807, 2.05) is 36.4 Å². The smallest absolute Gasteiger partial charge is 0.184 e. The van der Waals surface area contributed by atoms with E-state index < -0.39 is 0 Å². The SMILES string of the molecule is Clc1ccc2sc(NC3CCOc4ccccc43)nc2c1. The van der Waals surface area contributed by atoms with Gasteiger partial charge in [0.1, 0.15) is 5.75 Å². The van der Waals surface area contributed by atoms with E-state index in [9.17, 15) is 0 Å². The largest absolute Gasteiger partial charge is 0.493 e. The Hall–Kier alpha value is -1.78. The van der Waals surface area contributed by atoms with Crippen molar-refractivity contribution in [2.75, 3.05) is 11.9 Å². The molecule has 3 aromatic rings. The zero-order valence-corrected chi connectivity index (χ0v) is 12.7. The summed E-state index contributed by atoms with van der Waals surface area (Å²) in [4.78, 5) is 4.62. The highest BCUT2D eigenvalue weighted by Gasteiger charge is 2.21. The van der Waals surface area contributed by atoms with E-state index in [1.54, 1.807) is 11.3 Å². The molecule has 21 heavy (non-hydrogen) atoms. The first kappa shape index (κ1) is 12.9. The van der Waals surface area contributed by atoms with Crippen LogP contribution in [-0.2, 0) is 0 Å². The van der Waals surface area contributed by atoms with Crippen molar-refractivity contribution in [3.05, 3.63) is 53.1 Å². The quantitative estimate of drug-likeness (QED) is 0.731. The molecule has 4 rings (SSSR count). The lowest BCUT2D eigenvalue weighted by Gasteiger charge is -2.26. The number of thiazole rings is 1. The van der Waals surface area contributed by atoms with E-state index in [0.717, 1.165) is 39.1 Å². The molecule has 1 atom stereocenters. The predicted molar refractivity (Wildman–Crippen MR) is 87.5 cm³/mol. The van der Waals surface area contributed by atoms with Gasteiger partial charge in [-0.3, -0.25) is 0 Å². The van der Waals surface area contributed by atoms with Gasteiger partial charge in [0.15, 0.2) is 5.13 Å². The summed E-state index contributed by atoms with van der Waals surface area (Å²) in [7, 11) is 0. The minimum Gasteiger partial charge on any atom is -0.493 e. The van der Waals surface area contributed by atoms with Crippen LogP contribution in [0.2, 0.25) is 5.02 Å². The molecule has 5 heteroatoms. The van der Waals surface area contributed by atoms with Crippen LogP contribution in [0.1, 0.15) is 18.0 Å². The highest BCUT2D eigenvalue weighted by atomic mass is 35.5. The number of anilines is 1. The molecule has 0 aliphatic carbocycles. The number of para-hydroxylation sites is 1. The van der Waals surface area contributed by atoms with E-state index >= 15 is 0 Å². The third kappa shape index (κ3) is 2.45. The first-order chi connectivity index (χ1) is 10.3. The molecule has 2 aromatic carbocycles. The molecule has 1 unspecified atom stereocenters. The minimum absolute atomic E-state index is 0.242. The zero-order valence-electron chi connectivity index (χ0n) is 11.2. The van der Waals surface area contributed by atoms with Crippen LogP contribution < -0.4 is 10.1 Å². The first-order valence-electron chi connectivity index (χ1n) is 6.84. The van der Waals surface area contributed by atoms with Crippen molar-refractivity contribution in [1.29, 1.82) is 0 Å². The second-order valence-electron chi connectivity index (χ2n) is 5.00. The highest BCUT2D eigenvalue weighted by Crippen LogP contribution is 2.36. The summed E-state index contributed by atoms with van der Waals surface area (Å²) in [6.45, 7) is 0.728. The molecule has 1 aromatic heterocycles. The Morgan fingerprint density at radius 2 is 2.14 bits per heavy atom. The van der Waals surface area contributed by atoms with Gasteiger partial charge in [0, 0.05) is 17.0 Å². The van der Waals surface area contributed by atoms with Gasteiger partial charge >= 0.3 is 0 Å². The topological polar surface area (TPSA) is 34.1 Å². The molecular weight excluding hydrogens is 304 g/mol. The van der Waals surface area contributed by atoms with Crippen LogP contribution >= 0.6 is 22.9 Å². The minimum atomic E-state index is 0.242. The van der Waals surface area contributed by atoms with Gasteiger partial charge < -0.3 is 10.1 Å². The van der Waals surface area contributed by atoms with Gasteiger partial charge in [0.05, 0.1) is 22.9 Å². The van der Waals surface area contributed by atoms with Gasteiger partial charge in [-0.2, -0.15) is 0 Å². The Morgan fingerprint density at radius 1 is 1.24 bits per heavy atom. The predicted octanol–water partition coefficient (Wildman–Crippen LogP) is 4.89. The molecular formula is C16H13ClN2OS. The van der Waals surface area contributed by atoms with Crippen LogP contribution in [0.5, 0.6) is 5.75 Å². The second-order valence-corrected chi connectivity index (χ2v) is 6.47. The molecule has 106 valence electrons. The van der Waals surface area contributed by atoms with Crippen LogP contribution in [0, 0.1) is 0 Å². The monoisotopic (exact) mass is 316 g/mol. The molecule has 0 fully saturated rings. The Kier molecular flexibility index (Phi) is 3.20. The lowest BCUT2D eigenvalue weighted by Crippen LogP contribution is -2.20. The van der Waals surface area contributed by atoms with E-state index in [4.69, 9.17) is 16.3 Å². The number of ether oxygens (including phenoxy) is 1. The standard InChI is InChI=1S/C16H13ClN2OS/c17-10-5-6-15-13(9-10)19-16(21-15)18-12-7-8-20-14-4-2-1-3-11(12)14/h1-6,9,12H,7-8H2,(H,18,19). The van der Waals surface area contributed by atoms with Crippen molar-refractivity contribution in [2.45, 2.75) is 12.5 Å². The molecule has 0 saturated heterocycles. The van der Waals surface area contributed by atoms with E-state index in [0.29, 0.717) is 0 Å². The number of fused-ring (bicyclic) bond motifs is 2. The molecule has 0 bridgehead atoms. The summed E-state index contributed by atoms with van der Waals surface area (Å²) < 4.78 is 6.83. The van der Waals surface area contributed by atoms with Gasteiger partial charge in [-0.15, -0.1) is 0 Å². The number of rotatable bonds is 2. The van der Waals surface area contributed by atoms with Gasteiger partial charge in [0.2, 0.25) is 0 Å². The molecule has 2 heterocycles. The molecule has 0 spiro atoms.